The maximum Gasteiger partial charge on any atom is 0.168 e. The van der Waals surface area contributed by atoms with Gasteiger partial charge in [-0.3, -0.25) is 19.2 Å². The van der Waals surface area contributed by atoms with Gasteiger partial charge in [0.1, 0.15) is 11.7 Å². The Morgan fingerprint density at radius 3 is 2.19 bits per heavy atom. The number of rotatable bonds is 4. The summed E-state index contributed by atoms with van der Waals surface area (Å²) < 4.78 is 5.32. The van der Waals surface area contributed by atoms with Crippen LogP contribution < -0.4 is 0 Å². The van der Waals surface area contributed by atoms with Gasteiger partial charge in [0.2, 0.25) is 0 Å². The molecule has 140 valence electrons. The predicted octanol–water partition coefficient (Wildman–Crippen LogP) is 2.91. The Kier molecular flexibility index (Phi) is 4.49. The standard InChI is InChI=1S/C20H25NO5/c1-19(2)8-14(24)18(15(25)9-19)12(22)6-5-11-17-13(23)7-20(3,4)10-16(17)26-21-11/h18H,5-10H2,1-4H3. The molecule has 0 bridgehead atoms. The lowest BCUT2D eigenvalue weighted by molar-refractivity contribution is -0.145. The first kappa shape index (κ1) is 18.7. The van der Waals surface area contributed by atoms with E-state index in [1.165, 1.54) is 0 Å². The van der Waals surface area contributed by atoms with Gasteiger partial charge in [-0.15, -0.1) is 0 Å². The molecule has 0 amide bonds. The zero-order valence-corrected chi connectivity index (χ0v) is 15.8. The molecule has 0 aromatic carbocycles. The largest absolute Gasteiger partial charge is 0.360 e. The van der Waals surface area contributed by atoms with Crippen molar-refractivity contribution in [2.45, 2.75) is 66.2 Å². The van der Waals surface area contributed by atoms with Crippen molar-refractivity contribution in [3.63, 3.8) is 0 Å². The van der Waals surface area contributed by atoms with Gasteiger partial charge in [0.25, 0.3) is 0 Å². The normalized spacial score (nSPS) is 22.4. The van der Waals surface area contributed by atoms with E-state index in [2.05, 4.69) is 5.16 Å². The summed E-state index contributed by atoms with van der Waals surface area (Å²) in [6, 6.07) is 0. The van der Waals surface area contributed by atoms with E-state index in [-0.39, 0.29) is 59.6 Å². The van der Waals surface area contributed by atoms with Gasteiger partial charge >= 0.3 is 0 Å². The molecule has 2 aliphatic carbocycles. The van der Waals surface area contributed by atoms with Gasteiger partial charge < -0.3 is 4.52 Å². The van der Waals surface area contributed by atoms with Crippen LogP contribution in [0.25, 0.3) is 0 Å². The molecule has 0 saturated heterocycles. The average molecular weight is 359 g/mol. The average Bonchev–Trinajstić information content (AvgIpc) is 2.84. The van der Waals surface area contributed by atoms with E-state index < -0.39 is 5.92 Å². The van der Waals surface area contributed by atoms with E-state index in [9.17, 15) is 19.2 Å². The van der Waals surface area contributed by atoms with Gasteiger partial charge in [-0.2, -0.15) is 0 Å². The highest BCUT2D eigenvalue weighted by Crippen LogP contribution is 2.37. The molecule has 0 unspecified atom stereocenters. The molecule has 2 aliphatic rings. The van der Waals surface area contributed by atoms with Crippen molar-refractivity contribution in [1.82, 2.24) is 5.16 Å². The highest BCUT2D eigenvalue weighted by molar-refractivity contribution is 6.20. The van der Waals surface area contributed by atoms with E-state index >= 15 is 0 Å². The molecule has 1 aromatic rings. The smallest absolute Gasteiger partial charge is 0.168 e. The first-order chi connectivity index (χ1) is 12.0. The molecule has 1 heterocycles. The predicted molar refractivity (Wildman–Crippen MR) is 92.8 cm³/mol. The van der Waals surface area contributed by atoms with Crippen molar-refractivity contribution in [2.24, 2.45) is 16.7 Å². The van der Waals surface area contributed by atoms with Crippen LogP contribution in [0.5, 0.6) is 0 Å². The fourth-order valence-electron chi connectivity index (χ4n) is 4.12. The van der Waals surface area contributed by atoms with Crippen molar-refractivity contribution >= 4 is 23.1 Å². The lowest BCUT2D eigenvalue weighted by atomic mass is 9.70. The van der Waals surface area contributed by atoms with Crippen molar-refractivity contribution in [1.29, 1.82) is 0 Å². The second kappa shape index (κ2) is 6.25. The Morgan fingerprint density at radius 2 is 1.58 bits per heavy atom. The van der Waals surface area contributed by atoms with Crippen LogP contribution in [-0.4, -0.2) is 28.3 Å². The third kappa shape index (κ3) is 3.55. The second-order valence-electron chi connectivity index (χ2n) is 9.22. The summed E-state index contributed by atoms with van der Waals surface area (Å²) in [6.45, 7) is 7.72. The van der Waals surface area contributed by atoms with Gasteiger partial charge in [0, 0.05) is 38.5 Å². The van der Waals surface area contributed by atoms with Crippen LogP contribution in [0, 0.1) is 16.7 Å². The number of fused-ring (bicyclic) bond motifs is 1. The first-order valence-electron chi connectivity index (χ1n) is 9.08. The van der Waals surface area contributed by atoms with Crippen LogP contribution in [0.15, 0.2) is 4.52 Å². The van der Waals surface area contributed by atoms with E-state index in [0.717, 1.165) is 0 Å². The first-order valence-corrected chi connectivity index (χ1v) is 9.08. The Labute approximate surface area is 152 Å². The van der Waals surface area contributed by atoms with Crippen molar-refractivity contribution < 1.29 is 23.7 Å². The Balaban J connectivity index is 1.70. The van der Waals surface area contributed by atoms with Gasteiger partial charge in [-0.1, -0.05) is 32.9 Å². The van der Waals surface area contributed by atoms with Crippen molar-refractivity contribution in [3.8, 4) is 0 Å². The summed E-state index contributed by atoms with van der Waals surface area (Å²) in [5.41, 5.74) is 0.407. The summed E-state index contributed by atoms with van der Waals surface area (Å²) in [4.78, 5) is 49.4. The highest BCUT2D eigenvalue weighted by Gasteiger charge is 2.43. The number of aromatic nitrogens is 1. The summed E-state index contributed by atoms with van der Waals surface area (Å²) in [5, 5.41) is 3.97. The summed E-state index contributed by atoms with van der Waals surface area (Å²) in [6.07, 6.45) is 1.74. The van der Waals surface area contributed by atoms with Crippen molar-refractivity contribution in [2.75, 3.05) is 0 Å². The maximum atomic E-state index is 12.5. The van der Waals surface area contributed by atoms with Crippen LogP contribution in [0.1, 0.15) is 75.2 Å². The van der Waals surface area contributed by atoms with Crippen molar-refractivity contribution in [3.05, 3.63) is 17.0 Å². The number of carbonyl (C=O) groups is 4. The molecule has 0 aliphatic heterocycles. The Bertz CT molecular complexity index is 779. The summed E-state index contributed by atoms with van der Waals surface area (Å²) >= 11 is 0. The Hall–Kier alpha value is -2.11. The molecular formula is C20H25NO5. The number of hydrogen-bond donors (Lipinski definition) is 0. The lowest BCUT2D eigenvalue weighted by Gasteiger charge is -2.31. The molecule has 1 saturated carbocycles. The highest BCUT2D eigenvalue weighted by atomic mass is 16.5. The molecule has 26 heavy (non-hydrogen) atoms. The Morgan fingerprint density at radius 1 is 1.00 bits per heavy atom. The zero-order valence-electron chi connectivity index (χ0n) is 15.8. The number of aryl methyl sites for hydroxylation is 1. The molecule has 1 fully saturated rings. The van der Waals surface area contributed by atoms with Crippen LogP contribution in [0.2, 0.25) is 0 Å². The summed E-state index contributed by atoms with van der Waals surface area (Å²) in [5.74, 6) is -1.57. The molecule has 0 N–H and O–H groups in total. The molecule has 0 atom stereocenters. The van der Waals surface area contributed by atoms with E-state index in [1.54, 1.807) is 0 Å². The molecule has 0 radical (unpaired) electrons. The number of Topliss-reactive ketones (excluding diaryl/α,β-unsaturated/α-hetero) is 4. The van der Waals surface area contributed by atoms with Gasteiger partial charge in [-0.05, 0) is 10.8 Å². The van der Waals surface area contributed by atoms with Gasteiger partial charge in [0.05, 0.1) is 11.3 Å². The minimum absolute atomic E-state index is 0.0121. The fourth-order valence-corrected chi connectivity index (χ4v) is 4.12. The van der Waals surface area contributed by atoms with Crippen LogP contribution in [-0.2, 0) is 27.2 Å². The minimum atomic E-state index is -1.15. The SMILES string of the molecule is CC1(C)CC(=O)C(C(=O)CCc2noc3c2C(=O)CC(C)(C)C3)C(=O)C1. The monoisotopic (exact) mass is 359 g/mol. The van der Waals surface area contributed by atoms with E-state index in [4.69, 9.17) is 4.52 Å². The topological polar surface area (TPSA) is 94.3 Å². The molecule has 6 heteroatoms. The molecule has 0 spiro atoms. The number of ketones is 4. The van der Waals surface area contributed by atoms with Crippen LogP contribution in [0.4, 0.5) is 0 Å². The number of hydrogen-bond acceptors (Lipinski definition) is 6. The van der Waals surface area contributed by atoms with Crippen LogP contribution >= 0.6 is 0 Å². The molecule has 6 nitrogen and oxygen atoms in total. The second-order valence-corrected chi connectivity index (χ2v) is 9.22. The van der Waals surface area contributed by atoms with E-state index in [0.29, 0.717) is 29.9 Å². The third-order valence-electron chi connectivity index (χ3n) is 5.27. The zero-order chi connectivity index (χ0) is 19.3. The summed E-state index contributed by atoms with van der Waals surface area (Å²) in [7, 11) is 0. The van der Waals surface area contributed by atoms with E-state index in [1.807, 2.05) is 27.7 Å². The molecule has 1 aromatic heterocycles. The third-order valence-corrected chi connectivity index (χ3v) is 5.27. The lowest BCUT2D eigenvalue weighted by Crippen LogP contribution is -2.41. The van der Waals surface area contributed by atoms with Crippen LogP contribution in [0.3, 0.4) is 0 Å². The number of carbonyl (C=O) groups excluding carboxylic acids is 4. The minimum Gasteiger partial charge on any atom is -0.360 e. The van der Waals surface area contributed by atoms with Gasteiger partial charge in [0.15, 0.2) is 23.1 Å². The maximum absolute atomic E-state index is 12.5. The quantitative estimate of drug-likeness (QED) is 0.767. The molecule has 3 rings (SSSR count). The fraction of sp³-hybridized carbons (Fsp3) is 0.650. The van der Waals surface area contributed by atoms with Gasteiger partial charge in [-0.25, -0.2) is 0 Å². The molecular weight excluding hydrogens is 334 g/mol. The number of nitrogens with zero attached hydrogens (tertiary/aromatic N) is 1.